The van der Waals surface area contributed by atoms with E-state index < -0.39 is 0 Å². The van der Waals surface area contributed by atoms with Crippen molar-refractivity contribution in [1.82, 2.24) is 0 Å². The summed E-state index contributed by atoms with van der Waals surface area (Å²) >= 11 is 0. The van der Waals surface area contributed by atoms with Crippen LogP contribution in [0.2, 0.25) is 0 Å². The van der Waals surface area contributed by atoms with E-state index in [1.807, 2.05) is 54.7 Å². The minimum absolute atomic E-state index is 0.746. The summed E-state index contributed by atoms with van der Waals surface area (Å²) < 4.78 is 11.4. The molecule has 2 aromatic carbocycles. The highest BCUT2D eigenvalue weighted by Crippen LogP contribution is 2.19. The summed E-state index contributed by atoms with van der Waals surface area (Å²) in [5.74, 6) is 1.82. The Morgan fingerprint density at radius 3 is 1.96 bits per heavy atom. The third kappa shape index (κ3) is 7.73. The van der Waals surface area contributed by atoms with Gasteiger partial charge in [0.2, 0.25) is 0 Å². The lowest BCUT2D eigenvalue weighted by Gasteiger charge is -2.06. The van der Waals surface area contributed by atoms with E-state index in [9.17, 15) is 0 Å². The van der Waals surface area contributed by atoms with Crippen LogP contribution in [0.15, 0.2) is 53.5 Å². The Labute approximate surface area is 158 Å². The molecule has 0 heterocycles. The molecule has 0 saturated carbocycles. The Morgan fingerprint density at radius 1 is 0.692 bits per heavy atom. The molecule has 0 spiro atoms. The minimum atomic E-state index is 0.746. The van der Waals surface area contributed by atoms with Gasteiger partial charge in [-0.25, -0.2) is 0 Å². The highest BCUT2D eigenvalue weighted by molar-refractivity contribution is 5.82. The maximum Gasteiger partial charge on any atom is 0.119 e. The van der Waals surface area contributed by atoms with E-state index in [4.69, 9.17) is 9.47 Å². The van der Waals surface area contributed by atoms with Crippen molar-refractivity contribution >= 4 is 11.9 Å². The van der Waals surface area contributed by atoms with Gasteiger partial charge in [0, 0.05) is 6.21 Å². The average Bonchev–Trinajstić information content (AvgIpc) is 2.69. The third-order valence-corrected chi connectivity index (χ3v) is 4.07. The molecule has 0 atom stereocenters. The van der Waals surface area contributed by atoms with Gasteiger partial charge in [-0.1, -0.05) is 39.5 Å². The van der Waals surface area contributed by atoms with Crippen molar-refractivity contribution in [2.24, 2.45) is 4.99 Å². The summed E-state index contributed by atoms with van der Waals surface area (Å²) in [6, 6.07) is 15.9. The lowest BCUT2D eigenvalue weighted by Crippen LogP contribution is -1.97. The maximum atomic E-state index is 5.79. The molecule has 0 aliphatic carbocycles. The van der Waals surface area contributed by atoms with E-state index in [2.05, 4.69) is 18.8 Å². The van der Waals surface area contributed by atoms with Gasteiger partial charge in [-0.2, -0.15) is 0 Å². The van der Waals surface area contributed by atoms with E-state index in [0.29, 0.717) is 0 Å². The van der Waals surface area contributed by atoms with E-state index in [-0.39, 0.29) is 0 Å². The molecule has 140 valence electrons. The van der Waals surface area contributed by atoms with E-state index in [1.54, 1.807) is 0 Å². The molecule has 2 aromatic rings. The minimum Gasteiger partial charge on any atom is -0.494 e. The zero-order valence-electron chi connectivity index (χ0n) is 16.1. The predicted octanol–water partition coefficient (Wildman–Crippen LogP) is 6.58. The fraction of sp³-hybridized carbons (Fsp3) is 0.435. The van der Waals surface area contributed by atoms with Crippen LogP contribution in [0, 0.1) is 0 Å². The number of hydrogen-bond acceptors (Lipinski definition) is 3. The number of hydrogen-bond donors (Lipinski definition) is 0. The van der Waals surface area contributed by atoms with Crippen LogP contribution in [-0.2, 0) is 0 Å². The molecule has 0 bridgehead atoms. The Balaban J connectivity index is 1.76. The first-order valence-corrected chi connectivity index (χ1v) is 9.81. The Hall–Kier alpha value is -2.29. The second-order valence-electron chi connectivity index (χ2n) is 6.43. The molecule has 0 aliphatic heterocycles. The quantitative estimate of drug-likeness (QED) is 0.319. The number of benzene rings is 2. The van der Waals surface area contributed by atoms with Crippen LogP contribution in [0.25, 0.3) is 0 Å². The molecule has 0 aromatic heterocycles. The average molecular weight is 354 g/mol. The third-order valence-electron chi connectivity index (χ3n) is 4.07. The largest absolute Gasteiger partial charge is 0.494 e. The first-order chi connectivity index (χ1) is 12.8. The fourth-order valence-corrected chi connectivity index (χ4v) is 2.54. The van der Waals surface area contributed by atoms with Crippen LogP contribution >= 0.6 is 0 Å². The van der Waals surface area contributed by atoms with Crippen LogP contribution in [0.4, 0.5) is 5.69 Å². The standard InChI is InChI=1S/C23H31NO2/c1-3-5-6-7-8-18-26-22-13-9-20(10-14-22)19-24-21-11-15-23(16-12-21)25-17-4-2/h9-16,19H,3-8,17-18H2,1-2H3. The number of aliphatic imine (C=N–C) groups is 1. The summed E-state index contributed by atoms with van der Waals surface area (Å²) in [5.41, 5.74) is 1.98. The number of nitrogens with zero attached hydrogens (tertiary/aromatic N) is 1. The normalized spacial score (nSPS) is 11.0. The van der Waals surface area contributed by atoms with Crippen LogP contribution < -0.4 is 9.47 Å². The smallest absolute Gasteiger partial charge is 0.119 e. The van der Waals surface area contributed by atoms with Gasteiger partial charge in [-0.15, -0.1) is 0 Å². The molecule has 0 fully saturated rings. The highest BCUT2D eigenvalue weighted by atomic mass is 16.5. The van der Waals surface area contributed by atoms with E-state index in [1.165, 1.54) is 25.7 Å². The van der Waals surface area contributed by atoms with Gasteiger partial charge in [0.1, 0.15) is 11.5 Å². The van der Waals surface area contributed by atoms with Crippen molar-refractivity contribution in [2.75, 3.05) is 13.2 Å². The summed E-state index contributed by atoms with van der Waals surface area (Å²) in [6.45, 7) is 5.88. The van der Waals surface area contributed by atoms with Gasteiger partial charge in [0.15, 0.2) is 0 Å². The second-order valence-corrected chi connectivity index (χ2v) is 6.43. The maximum absolute atomic E-state index is 5.79. The van der Waals surface area contributed by atoms with Gasteiger partial charge in [-0.3, -0.25) is 4.99 Å². The summed E-state index contributed by atoms with van der Waals surface area (Å²) in [4.78, 5) is 4.51. The molecule has 0 amide bonds. The topological polar surface area (TPSA) is 30.8 Å². The molecule has 0 aliphatic rings. The molecule has 0 N–H and O–H groups in total. The number of unbranched alkanes of at least 4 members (excludes halogenated alkanes) is 4. The van der Waals surface area contributed by atoms with E-state index >= 15 is 0 Å². The number of ether oxygens (including phenoxy) is 2. The lowest BCUT2D eigenvalue weighted by atomic mass is 10.2. The Bertz CT molecular complexity index is 632. The van der Waals surface area contributed by atoms with Crippen LogP contribution in [0.5, 0.6) is 11.5 Å². The van der Waals surface area contributed by atoms with E-state index in [0.717, 1.165) is 48.8 Å². The molecule has 26 heavy (non-hydrogen) atoms. The van der Waals surface area contributed by atoms with Crippen LogP contribution in [-0.4, -0.2) is 19.4 Å². The molecule has 0 saturated heterocycles. The summed E-state index contributed by atoms with van der Waals surface area (Å²) in [7, 11) is 0. The van der Waals surface area contributed by atoms with Crippen molar-refractivity contribution in [3.8, 4) is 11.5 Å². The van der Waals surface area contributed by atoms with Crippen molar-refractivity contribution in [3.63, 3.8) is 0 Å². The zero-order valence-corrected chi connectivity index (χ0v) is 16.1. The van der Waals surface area contributed by atoms with Crippen molar-refractivity contribution < 1.29 is 9.47 Å². The molecule has 0 unspecified atom stereocenters. The molecular formula is C23H31NO2. The highest BCUT2D eigenvalue weighted by Gasteiger charge is 1.96. The van der Waals surface area contributed by atoms with Gasteiger partial charge in [-0.05, 0) is 66.9 Å². The van der Waals surface area contributed by atoms with Gasteiger partial charge in [0.05, 0.1) is 18.9 Å². The molecule has 0 radical (unpaired) electrons. The number of rotatable bonds is 12. The fourth-order valence-electron chi connectivity index (χ4n) is 2.54. The molecular weight excluding hydrogens is 322 g/mol. The predicted molar refractivity (Wildman–Crippen MR) is 110 cm³/mol. The SMILES string of the molecule is CCCCCCCOc1ccc(C=Nc2ccc(OCCC)cc2)cc1. The molecule has 2 rings (SSSR count). The Kier molecular flexibility index (Phi) is 9.34. The van der Waals surface area contributed by atoms with Crippen LogP contribution in [0.1, 0.15) is 57.9 Å². The van der Waals surface area contributed by atoms with Crippen molar-refractivity contribution in [3.05, 3.63) is 54.1 Å². The van der Waals surface area contributed by atoms with Crippen LogP contribution in [0.3, 0.4) is 0 Å². The lowest BCUT2D eigenvalue weighted by molar-refractivity contribution is 0.304. The second kappa shape index (κ2) is 12.1. The first kappa shape index (κ1) is 20.0. The molecule has 3 nitrogen and oxygen atoms in total. The van der Waals surface area contributed by atoms with Crippen molar-refractivity contribution in [1.29, 1.82) is 0 Å². The van der Waals surface area contributed by atoms with Gasteiger partial charge >= 0.3 is 0 Å². The van der Waals surface area contributed by atoms with Gasteiger partial charge in [0.25, 0.3) is 0 Å². The zero-order chi connectivity index (χ0) is 18.5. The monoisotopic (exact) mass is 353 g/mol. The molecule has 3 heteroatoms. The summed E-state index contributed by atoms with van der Waals surface area (Å²) in [5, 5.41) is 0. The van der Waals surface area contributed by atoms with Gasteiger partial charge < -0.3 is 9.47 Å². The first-order valence-electron chi connectivity index (χ1n) is 9.81. The Morgan fingerprint density at radius 2 is 1.31 bits per heavy atom. The summed E-state index contributed by atoms with van der Waals surface area (Å²) in [6.07, 6.45) is 9.17. The van der Waals surface area contributed by atoms with Crippen molar-refractivity contribution in [2.45, 2.75) is 52.4 Å².